The number of nitrogens with one attached hydrogen (secondary N) is 2. The van der Waals surface area contributed by atoms with Gasteiger partial charge >= 0.3 is 0 Å². The number of para-hydroxylation sites is 1. The molecule has 148 valence electrons. The largest absolute Gasteiger partial charge is 0.493 e. The number of ether oxygens (including phenoxy) is 2. The molecule has 7 nitrogen and oxygen atoms in total. The fourth-order valence-corrected chi connectivity index (χ4v) is 3.90. The fraction of sp³-hybridized carbons (Fsp3) is 0.190. The maximum absolute atomic E-state index is 12.4. The van der Waals surface area contributed by atoms with Crippen LogP contribution in [0.15, 0.2) is 47.8 Å². The van der Waals surface area contributed by atoms with E-state index >= 15 is 0 Å². The monoisotopic (exact) mass is 408 g/mol. The highest BCUT2D eigenvalue weighted by Crippen LogP contribution is 2.36. The molecule has 0 radical (unpaired) electrons. The predicted molar refractivity (Wildman–Crippen MR) is 115 cm³/mol. The van der Waals surface area contributed by atoms with Crippen LogP contribution in [0.3, 0.4) is 0 Å². The van der Waals surface area contributed by atoms with E-state index in [-0.39, 0.29) is 11.7 Å². The smallest absolute Gasteiger partial charge is 0.234 e. The number of methoxy groups -OCH3 is 2. The van der Waals surface area contributed by atoms with Crippen LogP contribution in [-0.4, -0.2) is 40.8 Å². The van der Waals surface area contributed by atoms with Crippen LogP contribution in [-0.2, 0) is 4.79 Å². The molecule has 0 aliphatic carbocycles. The second-order valence-electron chi connectivity index (χ2n) is 6.43. The van der Waals surface area contributed by atoms with Crippen molar-refractivity contribution >= 4 is 45.3 Å². The van der Waals surface area contributed by atoms with Gasteiger partial charge in [-0.15, -0.1) is 0 Å². The molecule has 2 heterocycles. The number of hydrogen-bond donors (Lipinski definition) is 2. The number of aromatic amines is 1. The van der Waals surface area contributed by atoms with Crippen molar-refractivity contribution in [2.45, 2.75) is 11.9 Å². The molecule has 0 saturated heterocycles. The number of aryl methyl sites for hydroxylation is 1. The Labute approximate surface area is 171 Å². The number of hydrogen-bond acceptors (Lipinski definition) is 6. The van der Waals surface area contributed by atoms with Crippen molar-refractivity contribution < 1.29 is 14.3 Å². The van der Waals surface area contributed by atoms with E-state index in [1.54, 1.807) is 14.2 Å². The van der Waals surface area contributed by atoms with Crippen LogP contribution in [0.5, 0.6) is 11.5 Å². The number of H-pyrrole nitrogens is 1. The number of fused-ring (bicyclic) bond motifs is 3. The Hall–Kier alpha value is -3.26. The Morgan fingerprint density at radius 2 is 1.90 bits per heavy atom. The highest BCUT2D eigenvalue weighted by Gasteiger charge is 2.16. The quantitative estimate of drug-likeness (QED) is 0.368. The summed E-state index contributed by atoms with van der Waals surface area (Å²) in [5.41, 5.74) is 4.26. The first-order chi connectivity index (χ1) is 14.1. The minimum absolute atomic E-state index is 0.0875. The van der Waals surface area contributed by atoms with E-state index in [2.05, 4.69) is 20.3 Å². The summed E-state index contributed by atoms with van der Waals surface area (Å²) in [5.74, 6) is 1.41. The Kier molecular flexibility index (Phi) is 5.26. The molecule has 0 saturated carbocycles. The minimum Gasteiger partial charge on any atom is -0.493 e. The van der Waals surface area contributed by atoms with Crippen molar-refractivity contribution in [1.82, 2.24) is 15.0 Å². The number of aromatic nitrogens is 3. The van der Waals surface area contributed by atoms with Gasteiger partial charge in [-0.25, -0.2) is 9.97 Å². The van der Waals surface area contributed by atoms with E-state index < -0.39 is 0 Å². The molecule has 0 bridgehead atoms. The highest BCUT2D eigenvalue weighted by atomic mass is 32.2. The van der Waals surface area contributed by atoms with Gasteiger partial charge < -0.3 is 19.8 Å². The maximum atomic E-state index is 12.4. The Morgan fingerprint density at radius 3 is 2.66 bits per heavy atom. The zero-order chi connectivity index (χ0) is 20.4. The Morgan fingerprint density at radius 1 is 1.14 bits per heavy atom. The summed E-state index contributed by atoms with van der Waals surface area (Å²) in [6, 6.07) is 11.4. The summed E-state index contributed by atoms with van der Waals surface area (Å²) >= 11 is 1.36. The van der Waals surface area contributed by atoms with Crippen LogP contribution < -0.4 is 14.8 Å². The lowest BCUT2D eigenvalue weighted by atomic mass is 10.2. The van der Waals surface area contributed by atoms with Crippen molar-refractivity contribution in [2.24, 2.45) is 0 Å². The lowest BCUT2D eigenvalue weighted by Gasteiger charge is -2.07. The molecule has 2 aromatic heterocycles. The van der Waals surface area contributed by atoms with Crippen LogP contribution >= 0.6 is 11.8 Å². The van der Waals surface area contributed by atoms with Crippen molar-refractivity contribution in [3.63, 3.8) is 0 Å². The van der Waals surface area contributed by atoms with Gasteiger partial charge in [-0.3, -0.25) is 4.79 Å². The summed E-state index contributed by atoms with van der Waals surface area (Å²) in [4.78, 5) is 24.5. The van der Waals surface area contributed by atoms with Gasteiger partial charge in [-0.1, -0.05) is 30.0 Å². The van der Waals surface area contributed by atoms with Crippen molar-refractivity contribution in [3.8, 4) is 11.5 Å². The molecule has 0 aliphatic heterocycles. The zero-order valence-electron chi connectivity index (χ0n) is 16.3. The Balaban J connectivity index is 1.61. The number of carbonyl (C=O) groups is 1. The van der Waals surface area contributed by atoms with Gasteiger partial charge in [0.15, 0.2) is 11.5 Å². The number of nitrogens with zero attached hydrogens (tertiary/aromatic N) is 2. The second-order valence-corrected chi connectivity index (χ2v) is 7.40. The second kappa shape index (κ2) is 8.00. The number of carbonyl (C=O) groups excluding carboxylic acids is 1. The van der Waals surface area contributed by atoms with E-state index in [9.17, 15) is 4.79 Å². The normalized spacial score (nSPS) is 11.0. The van der Waals surface area contributed by atoms with Crippen LogP contribution in [0.1, 0.15) is 5.56 Å². The number of anilines is 1. The third kappa shape index (κ3) is 3.71. The van der Waals surface area contributed by atoms with Gasteiger partial charge in [0, 0.05) is 17.1 Å². The molecular formula is C21H20N4O3S. The van der Waals surface area contributed by atoms with Gasteiger partial charge in [0.25, 0.3) is 0 Å². The molecule has 0 atom stereocenters. The third-order valence-corrected chi connectivity index (χ3v) is 5.60. The molecule has 4 aromatic rings. The number of thioether (sulfide) groups is 1. The van der Waals surface area contributed by atoms with Crippen molar-refractivity contribution in [1.29, 1.82) is 0 Å². The van der Waals surface area contributed by atoms with Crippen LogP contribution in [0.4, 0.5) is 5.69 Å². The first-order valence-electron chi connectivity index (χ1n) is 8.97. The third-order valence-electron chi connectivity index (χ3n) is 4.61. The van der Waals surface area contributed by atoms with E-state index in [0.29, 0.717) is 16.5 Å². The Bertz CT molecular complexity index is 1210. The lowest BCUT2D eigenvalue weighted by molar-refractivity contribution is -0.113. The molecule has 0 spiro atoms. The van der Waals surface area contributed by atoms with Crippen molar-refractivity contribution in [3.05, 3.63) is 48.3 Å². The fourth-order valence-electron chi connectivity index (χ4n) is 3.14. The molecule has 0 aliphatic rings. The topological polar surface area (TPSA) is 89.1 Å². The van der Waals surface area contributed by atoms with Crippen LogP contribution in [0, 0.1) is 6.92 Å². The molecule has 29 heavy (non-hydrogen) atoms. The predicted octanol–water partition coefficient (Wildman–Crippen LogP) is 4.17. The molecule has 8 heteroatoms. The summed E-state index contributed by atoms with van der Waals surface area (Å²) in [6.07, 6.45) is 1.51. The number of benzene rings is 2. The molecule has 1 amide bonds. The van der Waals surface area contributed by atoms with Gasteiger partial charge in [0.1, 0.15) is 16.9 Å². The average molecular weight is 408 g/mol. The molecule has 0 unspecified atom stereocenters. The molecule has 2 aromatic carbocycles. The summed E-state index contributed by atoms with van der Waals surface area (Å²) in [5, 5.41) is 4.56. The first kappa shape index (κ1) is 19.1. The standard InChI is InChI=1S/C21H20N4O3S/c1-12-6-4-5-7-14(12)24-18(26)10-29-21-20-19(22-11-23-21)13-8-16(27-2)17(28-3)9-15(13)25-20/h4-9,11,25H,10H2,1-3H3,(H,24,26). The summed E-state index contributed by atoms with van der Waals surface area (Å²) < 4.78 is 10.8. The van der Waals surface area contributed by atoms with Crippen LogP contribution in [0.2, 0.25) is 0 Å². The van der Waals surface area contributed by atoms with Crippen LogP contribution in [0.25, 0.3) is 21.9 Å². The minimum atomic E-state index is -0.0875. The molecule has 0 fully saturated rings. The van der Waals surface area contributed by atoms with E-state index in [1.165, 1.54) is 18.1 Å². The van der Waals surface area contributed by atoms with Gasteiger partial charge in [-0.05, 0) is 24.6 Å². The lowest BCUT2D eigenvalue weighted by Crippen LogP contribution is -2.14. The van der Waals surface area contributed by atoms with Gasteiger partial charge in [0.2, 0.25) is 5.91 Å². The molecule has 2 N–H and O–H groups in total. The number of amides is 1. The summed E-state index contributed by atoms with van der Waals surface area (Å²) in [6.45, 7) is 1.96. The van der Waals surface area contributed by atoms with E-state index in [0.717, 1.165) is 33.2 Å². The highest BCUT2D eigenvalue weighted by molar-refractivity contribution is 8.00. The molecular weight excluding hydrogens is 388 g/mol. The first-order valence-corrected chi connectivity index (χ1v) is 9.96. The van der Waals surface area contributed by atoms with Crippen molar-refractivity contribution in [2.75, 3.05) is 25.3 Å². The molecule has 4 rings (SSSR count). The number of rotatable bonds is 6. The summed E-state index contributed by atoms with van der Waals surface area (Å²) in [7, 11) is 3.20. The SMILES string of the molecule is COc1cc2[nH]c3c(SCC(=O)Nc4ccccc4C)ncnc3c2cc1OC. The van der Waals surface area contributed by atoms with E-state index in [1.807, 2.05) is 43.3 Å². The van der Waals surface area contributed by atoms with Gasteiger partial charge in [0.05, 0.1) is 31.0 Å². The van der Waals surface area contributed by atoms with Gasteiger partial charge in [-0.2, -0.15) is 0 Å². The zero-order valence-corrected chi connectivity index (χ0v) is 17.1. The maximum Gasteiger partial charge on any atom is 0.234 e. The average Bonchev–Trinajstić information content (AvgIpc) is 3.11. The van der Waals surface area contributed by atoms with E-state index in [4.69, 9.17) is 9.47 Å².